The Morgan fingerprint density at radius 3 is 2.52 bits per heavy atom. The first kappa shape index (κ1) is 17.3. The van der Waals surface area contributed by atoms with Gasteiger partial charge in [0.05, 0.1) is 12.0 Å². The quantitative estimate of drug-likeness (QED) is 0.905. The fraction of sp³-hybridized carbons (Fsp3) is 0.556. The van der Waals surface area contributed by atoms with Crippen LogP contribution < -0.4 is 4.74 Å². The van der Waals surface area contributed by atoms with Gasteiger partial charge in [0.2, 0.25) is 0 Å². The minimum Gasteiger partial charge on any atom is -0.491 e. The zero-order chi connectivity index (χ0) is 17.0. The maximum Gasteiger partial charge on any atom is 0.308 e. The van der Waals surface area contributed by atoms with Gasteiger partial charge in [0.25, 0.3) is 5.91 Å². The molecule has 3 atom stereocenters. The van der Waals surface area contributed by atoms with Gasteiger partial charge in [-0.05, 0) is 57.4 Å². The summed E-state index contributed by atoms with van der Waals surface area (Å²) in [4.78, 5) is 25.5. The van der Waals surface area contributed by atoms with Crippen LogP contribution in [0.15, 0.2) is 24.3 Å². The molecular weight excluding hydrogens is 294 g/mol. The molecular formula is C18H25NO4. The number of carbonyl (C=O) groups is 2. The van der Waals surface area contributed by atoms with Crippen molar-refractivity contribution in [3.63, 3.8) is 0 Å². The van der Waals surface area contributed by atoms with E-state index in [1.807, 2.05) is 13.8 Å². The molecule has 0 spiro atoms. The zero-order valence-electron chi connectivity index (χ0n) is 14.0. The lowest BCUT2D eigenvalue weighted by atomic mass is 9.93. The Labute approximate surface area is 137 Å². The van der Waals surface area contributed by atoms with Gasteiger partial charge in [-0.3, -0.25) is 9.59 Å². The standard InChI is InChI=1S/C18H25NO4/c1-4-13(3)23-16-9-7-14(8-10-16)17(20)19-11-15(18(21)22)6-5-12(19)2/h7-10,12-13,15H,4-6,11H2,1-3H3,(H,21,22). The number of likely N-dealkylation sites (tertiary alicyclic amines) is 1. The van der Waals surface area contributed by atoms with Crippen LogP contribution in [0.3, 0.4) is 0 Å². The van der Waals surface area contributed by atoms with E-state index in [4.69, 9.17) is 4.74 Å². The fourth-order valence-corrected chi connectivity index (χ4v) is 2.75. The predicted octanol–water partition coefficient (Wildman–Crippen LogP) is 3.19. The number of carboxylic acids is 1. The lowest BCUT2D eigenvalue weighted by Gasteiger charge is -2.36. The minimum absolute atomic E-state index is 0.0640. The second-order valence-corrected chi connectivity index (χ2v) is 6.28. The average Bonchev–Trinajstić information content (AvgIpc) is 2.55. The Bertz CT molecular complexity index is 555. The number of carboxylic acid groups (broad SMARTS) is 1. The highest BCUT2D eigenvalue weighted by molar-refractivity contribution is 5.95. The van der Waals surface area contributed by atoms with E-state index in [0.29, 0.717) is 12.0 Å². The van der Waals surface area contributed by atoms with Crippen LogP contribution in [0.4, 0.5) is 0 Å². The van der Waals surface area contributed by atoms with Gasteiger partial charge in [0, 0.05) is 18.2 Å². The largest absolute Gasteiger partial charge is 0.491 e. The van der Waals surface area contributed by atoms with Crippen LogP contribution in [0.1, 0.15) is 50.4 Å². The first-order valence-electron chi connectivity index (χ1n) is 8.22. The molecule has 0 aliphatic carbocycles. The second-order valence-electron chi connectivity index (χ2n) is 6.28. The van der Waals surface area contributed by atoms with Crippen LogP contribution in [0.5, 0.6) is 5.75 Å². The third-order valence-electron chi connectivity index (χ3n) is 4.51. The molecule has 0 aromatic heterocycles. The predicted molar refractivity (Wildman–Crippen MR) is 87.7 cm³/mol. The van der Waals surface area contributed by atoms with Crippen LogP contribution >= 0.6 is 0 Å². The monoisotopic (exact) mass is 319 g/mol. The van der Waals surface area contributed by atoms with Crippen molar-refractivity contribution in [2.75, 3.05) is 6.54 Å². The lowest BCUT2D eigenvalue weighted by Crippen LogP contribution is -2.47. The molecule has 0 bridgehead atoms. The van der Waals surface area contributed by atoms with Crippen molar-refractivity contribution < 1.29 is 19.4 Å². The van der Waals surface area contributed by atoms with Crippen molar-refractivity contribution in [1.29, 1.82) is 0 Å². The molecule has 23 heavy (non-hydrogen) atoms. The summed E-state index contributed by atoms with van der Waals surface area (Å²) >= 11 is 0. The molecule has 5 heteroatoms. The van der Waals surface area contributed by atoms with E-state index in [1.165, 1.54) is 0 Å². The van der Waals surface area contributed by atoms with Gasteiger partial charge < -0.3 is 14.7 Å². The number of ether oxygens (including phenoxy) is 1. The van der Waals surface area contributed by atoms with Gasteiger partial charge in [-0.15, -0.1) is 0 Å². The summed E-state index contributed by atoms with van der Waals surface area (Å²) in [5.41, 5.74) is 0.569. The van der Waals surface area contributed by atoms with E-state index >= 15 is 0 Å². The number of hydrogen-bond acceptors (Lipinski definition) is 3. The van der Waals surface area contributed by atoms with Crippen molar-refractivity contribution in [2.45, 2.75) is 52.2 Å². The number of carbonyl (C=O) groups excluding carboxylic acids is 1. The van der Waals surface area contributed by atoms with Crippen molar-refractivity contribution in [3.05, 3.63) is 29.8 Å². The normalized spacial score (nSPS) is 22.5. The highest BCUT2D eigenvalue weighted by Crippen LogP contribution is 2.24. The summed E-state index contributed by atoms with van der Waals surface area (Å²) in [5.74, 6) is -0.667. The second kappa shape index (κ2) is 7.49. The van der Waals surface area contributed by atoms with Crippen LogP contribution in [0.2, 0.25) is 0 Å². The van der Waals surface area contributed by atoms with E-state index in [1.54, 1.807) is 29.2 Å². The lowest BCUT2D eigenvalue weighted by molar-refractivity contribution is -0.143. The van der Waals surface area contributed by atoms with Gasteiger partial charge in [-0.2, -0.15) is 0 Å². The van der Waals surface area contributed by atoms with Crippen LogP contribution in [-0.4, -0.2) is 40.6 Å². The Kier molecular flexibility index (Phi) is 5.64. The van der Waals surface area contributed by atoms with Crippen LogP contribution in [0.25, 0.3) is 0 Å². The number of aliphatic carboxylic acids is 1. The van der Waals surface area contributed by atoms with E-state index in [-0.39, 0.29) is 24.6 Å². The molecule has 126 valence electrons. The van der Waals surface area contributed by atoms with Gasteiger partial charge in [-0.25, -0.2) is 0 Å². The number of hydrogen-bond donors (Lipinski definition) is 1. The average molecular weight is 319 g/mol. The molecule has 5 nitrogen and oxygen atoms in total. The van der Waals surface area contributed by atoms with Crippen molar-refractivity contribution >= 4 is 11.9 Å². The summed E-state index contributed by atoms with van der Waals surface area (Å²) in [6, 6.07) is 7.15. The number of piperidine rings is 1. The van der Waals surface area contributed by atoms with E-state index in [0.717, 1.165) is 18.6 Å². The molecule has 1 amide bonds. The molecule has 1 aromatic rings. The van der Waals surface area contributed by atoms with Gasteiger partial charge in [-0.1, -0.05) is 6.92 Å². The summed E-state index contributed by atoms with van der Waals surface area (Å²) in [7, 11) is 0. The first-order chi connectivity index (χ1) is 10.9. The SMILES string of the molecule is CCC(C)Oc1ccc(C(=O)N2CC(C(=O)O)CCC2C)cc1. The molecule has 1 N–H and O–H groups in total. The summed E-state index contributed by atoms with van der Waals surface area (Å²) in [5, 5.41) is 9.18. The molecule has 2 rings (SSSR count). The number of amides is 1. The zero-order valence-corrected chi connectivity index (χ0v) is 14.0. The Morgan fingerprint density at radius 2 is 1.96 bits per heavy atom. The Hall–Kier alpha value is -2.04. The van der Waals surface area contributed by atoms with Crippen LogP contribution in [-0.2, 0) is 4.79 Å². The molecule has 3 unspecified atom stereocenters. The fourth-order valence-electron chi connectivity index (χ4n) is 2.75. The highest BCUT2D eigenvalue weighted by atomic mass is 16.5. The number of rotatable bonds is 5. The van der Waals surface area contributed by atoms with Gasteiger partial charge >= 0.3 is 5.97 Å². The minimum atomic E-state index is -0.827. The number of benzene rings is 1. The third-order valence-corrected chi connectivity index (χ3v) is 4.51. The molecule has 1 fully saturated rings. The summed E-state index contributed by atoms with van der Waals surface area (Å²) in [6.45, 7) is 6.30. The molecule has 1 heterocycles. The van der Waals surface area contributed by atoms with Crippen molar-refractivity contribution in [3.8, 4) is 5.75 Å². The molecule has 1 aromatic carbocycles. The summed E-state index contributed by atoms with van der Waals surface area (Å²) < 4.78 is 5.71. The van der Waals surface area contributed by atoms with Gasteiger partial charge in [0.1, 0.15) is 5.75 Å². The first-order valence-corrected chi connectivity index (χ1v) is 8.22. The van der Waals surface area contributed by atoms with Crippen molar-refractivity contribution in [1.82, 2.24) is 4.90 Å². The Morgan fingerprint density at radius 1 is 1.30 bits per heavy atom. The van der Waals surface area contributed by atoms with E-state index in [2.05, 4.69) is 6.92 Å². The highest BCUT2D eigenvalue weighted by Gasteiger charge is 2.32. The third kappa shape index (κ3) is 4.24. The molecule has 1 saturated heterocycles. The summed E-state index contributed by atoms with van der Waals surface area (Å²) in [6.07, 6.45) is 2.40. The molecule has 1 aliphatic heterocycles. The van der Waals surface area contributed by atoms with E-state index in [9.17, 15) is 14.7 Å². The topological polar surface area (TPSA) is 66.8 Å². The molecule has 1 aliphatic rings. The van der Waals surface area contributed by atoms with Crippen molar-refractivity contribution in [2.24, 2.45) is 5.92 Å². The van der Waals surface area contributed by atoms with Gasteiger partial charge in [0.15, 0.2) is 0 Å². The molecule has 0 saturated carbocycles. The maximum absolute atomic E-state index is 12.7. The molecule has 0 radical (unpaired) electrons. The van der Waals surface area contributed by atoms with E-state index < -0.39 is 11.9 Å². The smallest absolute Gasteiger partial charge is 0.308 e. The maximum atomic E-state index is 12.7. The number of nitrogens with zero attached hydrogens (tertiary/aromatic N) is 1. The Balaban J connectivity index is 2.08. The van der Waals surface area contributed by atoms with Crippen LogP contribution in [0, 0.1) is 5.92 Å².